The Morgan fingerprint density at radius 1 is 1.00 bits per heavy atom. The molecule has 0 saturated carbocycles. The minimum atomic E-state index is -0.991. The van der Waals surface area contributed by atoms with Crippen molar-refractivity contribution < 1.29 is 14.7 Å². The summed E-state index contributed by atoms with van der Waals surface area (Å²) in [5, 5.41) is 13.7. The van der Waals surface area contributed by atoms with E-state index < -0.39 is 5.97 Å². The van der Waals surface area contributed by atoms with Gasteiger partial charge in [-0.3, -0.25) is 4.79 Å². The number of amides is 1. The maximum absolute atomic E-state index is 13.3. The number of aromatic carboxylic acids is 1. The predicted molar refractivity (Wildman–Crippen MR) is 118 cm³/mol. The Bertz CT molecular complexity index is 1290. The van der Waals surface area contributed by atoms with Gasteiger partial charge in [0.05, 0.1) is 22.3 Å². The number of anilines is 1. The number of nitrogens with one attached hydrogen (secondary N) is 1. The van der Waals surface area contributed by atoms with E-state index in [1.165, 1.54) is 11.3 Å². The summed E-state index contributed by atoms with van der Waals surface area (Å²) in [6, 6.07) is 19.0. The molecule has 0 atom stereocenters. The molecule has 2 aromatic heterocycles. The molecule has 6 heteroatoms. The first-order valence-electron chi connectivity index (χ1n) is 9.76. The zero-order chi connectivity index (χ0) is 20.7. The Morgan fingerprint density at radius 3 is 2.57 bits per heavy atom. The van der Waals surface area contributed by atoms with Gasteiger partial charge in [-0.25, -0.2) is 9.78 Å². The zero-order valence-corrected chi connectivity index (χ0v) is 16.8. The Kier molecular flexibility index (Phi) is 4.56. The number of carboxylic acids is 1. The topological polar surface area (TPSA) is 79.3 Å². The first-order chi connectivity index (χ1) is 14.6. The predicted octanol–water partition coefficient (Wildman–Crippen LogP) is 5.40. The van der Waals surface area contributed by atoms with Crippen LogP contribution in [0.15, 0.2) is 60.7 Å². The fraction of sp³-hybridized carbons (Fsp3) is 0.125. The summed E-state index contributed by atoms with van der Waals surface area (Å²) in [6.45, 7) is 0. The number of carbonyl (C=O) groups excluding carboxylic acids is 1. The highest BCUT2D eigenvalue weighted by atomic mass is 32.1. The lowest BCUT2D eigenvalue weighted by molar-refractivity contribution is 0.0697. The molecule has 2 heterocycles. The number of benzene rings is 2. The van der Waals surface area contributed by atoms with Crippen LogP contribution in [0.3, 0.4) is 0 Å². The molecule has 148 valence electrons. The van der Waals surface area contributed by atoms with Crippen LogP contribution in [-0.4, -0.2) is 22.0 Å². The summed E-state index contributed by atoms with van der Waals surface area (Å²) < 4.78 is 0. The number of rotatable bonds is 4. The van der Waals surface area contributed by atoms with Crippen LogP contribution in [0, 0.1) is 0 Å². The van der Waals surface area contributed by atoms with Crippen molar-refractivity contribution in [1.82, 2.24) is 4.98 Å². The summed E-state index contributed by atoms with van der Waals surface area (Å²) in [5.74, 6) is -1.32. The zero-order valence-electron chi connectivity index (χ0n) is 16.0. The van der Waals surface area contributed by atoms with Crippen molar-refractivity contribution in [2.45, 2.75) is 19.3 Å². The molecule has 5 rings (SSSR count). The molecule has 0 unspecified atom stereocenters. The molecule has 1 aliphatic rings. The van der Waals surface area contributed by atoms with Crippen molar-refractivity contribution >= 4 is 39.1 Å². The minimum Gasteiger partial charge on any atom is -0.478 e. The van der Waals surface area contributed by atoms with E-state index in [1.807, 2.05) is 54.6 Å². The molecule has 4 aromatic rings. The lowest BCUT2D eigenvalue weighted by Crippen LogP contribution is -2.15. The second-order valence-corrected chi connectivity index (χ2v) is 8.36. The third kappa shape index (κ3) is 3.15. The van der Waals surface area contributed by atoms with Gasteiger partial charge in [0, 0.05) is 15.8 Å². The van der Waals surface area contributed by atoms with Gasteiger partial charge in [0.1, 0.15) is 5.00 Å². The third-order valence-corrected chi connectivity index (χ3v) is 6.60. The number of para-hydroxylation sites is 1. The number of carbonyl (C=O) groups is 2. The van der Waals surface area contributed by atoms with Gasteiger partial charge in [0.25, 0.3) is 5.91 Å². The molecule has 0 bridgehead atoms. The first-order valence-corrected chi connectivity index (χ1v) is 10.6. The first kappa shape index (κ1) is 18.5. The van der Waals surface area contributed by atoms with Gasteiger partial charge in [0.2, 0.25) is 0 Å². The summed E-state index contributed by atoms with van der Waals surface area (Å²) >= 11 is 1.38. The molecule has 0 saturated heterocycles. The molecule has 1 amide bonds. The second-order valence-electron chi connectivity index (χ2n) is 7.26. The average Bonchev–Trinajstić information content (AvgIpc) is 3.34. The van der Waals surface area contributed by atoms with Gasteiger partial charge >= 0.3 is 5.97 Å². The fourth-order valence-corrected chi connectivity index (χ4v) is 5.29. The fourth-order valence-electron chi connectivity index (χ4n) is 4.01. The lowest BCUT2D eigenvalue weighted by atomic mass is 10.0. The van der Waals surface area contributed by atoms with E-state index in [0.29, 0.717) is 16.3 Å². The summed E-state index contributed by atoms with van der Waals surface area (Å²) in [4.78, 5) is 30.9. The number of thiophene rings is 1. The maximum atomic E-state index is 13.3. The largest absolute Gasteiger partial charge is 0.478 e. The molecular formula is C24H18N2O3S. The van der Waals surface area contributed by atoms with Crippen molar-refractivity contribution in [1.29, 1.82) is 0 Å². The van der Waals surface area contributed by atoms with Crippen LogP contribution in [0.25, 0.3) is 22.2 Å². The number of aryl methyl sites for hydroxylation is 1. The lowest BCUT2D eigenvalue weighted by Gasteiger charge is -2.11. The molecule has 5 nitrogen and oxygen atoms in total. The van der Waals surface area contributed by atoms with E-state index >= 15 is 0 Å². The number of hydrogen-bond acceptors (Lipinski definition) is 4. The van der Waals surface area contributed by atoms with Gasteiger partial charge in [-0.05, 0) is 37.0 Å². The van der Waals surface area contributed by atoms with Gasteiger partial charge in [-0.15, -0.1) is 11.3 Å². The SMILES string of the molecule is O=C(O)c1c(NC(=O)c2cc(-c3ccccc3)nc3ccccc23)sc2c1CCC2. The van der Waals surface area contributed by atoms with Crippen LogP contribution >= 0.6 is 11.3 Å². The molecule has 2 N–H and O–H groups in total. The van der Waals surface area contributed by atoms with Crippen molar-refractivity contribution in [3.05, 3.63) is 82.2 Å². The quantitative estimate of drug-likeness (QED) is 0.468. The van der Waals surface area contributed by atoms with E-state index in [4.69, 9.17) is 4.98 Å². The van der Waals surface area contributed by atoms with Crippen LogP contribution < -0.4 is 5.32 Å². The molecule has 0 spiro atoms. The summed E-state index contributed by atoms with van der Waals surface area (Å²) in [6.07, 6.45) is 2.58. The molecule has 1 aliphatic carbocycles. The van der Waals surface area contributed by atoms with E-state index in [9.17, 15) is 14.7 Å². The number of nitrogens with zero attached hydrogens (tertiary/aromatic N) is 1. The van der Waals surface area contributed by atoms with Crippen molar-refractivity contribution in [3.8, 4) is 11.3 Å². The van der Waals surface area contributed by atoms with Gasteiger partial charge in [0.15, 0.2) is 0 Å². The van der Waals surface area contributed by atoms with Gasteiger partial charge < -0.3 is 10.4 Å². The van der Waals surface area contributed by atoms with Crippen molar-refractivity contribution in [3.63, 3.8) is 0 Å². The van der Waals surface area contributed by atoms with Crippen LogP contribution in [0.5, 0.6) is 0 Å². The number of carboxylic acid groups (broad SMARTS) is 1. The molecule has 0 fully saturated rings. The van der Waals surface area contributed by atoms with Crippen LogP contribution in [-0.2, 0) is 12.8 Å². The van der Waals surface area contributed by atoms with Gasteiger partial charge in [-0.2, -0.15) is 0 Å². The monoisotopic (exact) mass is 414 g/mol. The Labute approximate surface area is 177 Å². The standard InChI is InChI=1S/C24H18N2O3S/c27-22(26-23-21(24(28)29)16-10-6-12-20(16)30-23)17-13-19(14-7-2-1-3-8-14)25-18-11-5-4-9-15(17)18/h1-5,7-9,11,13H,6,10,12H2,(H,26,27)(H,28,29). The molecule has 0 aliphatic heterocycles. The number of hydrogen-bond donors (Lipinski definition) is 2. The van der Waals surface area contributed by atoms with Gasteiger partial charge in [-0.1, -0.05) is 48.5 Å². The highest BCUT2D eigenvalue weighted by Gasteiger charge is 2.27. The maximum Gasteiger partial charge on any atom is 0.339 e. The van der Waals surface area contributed by atoms with E-state index in [2.05, 4.69) is 5.32 Å². The molecule has 30 heavy (non-hydrogen) atoms. The number of aromatic nitrogens is 1. The Hall–Kier alpha value is -3.51. The average molecular weight is 414 g/mol. The summed E-state index contributed by atoms with van der Waals surface area (Å²) in [7, 11) is 0. The Morgan fingerprint density at radius 2 is 1.77 bits per heavy atom. The van der Waals surface area contributed by atoms with Crippen LogP contribution in [0.1, 0.15) is 37.6 Å². The molecular weight excluding hydrogens is 396 g/mol. The molecule has 0 radical (unpaired) electrons. The number of pyridine rings is 1. The highest BCUT2D eigenvalue weighted by Crippen LogP contribution is 2.39. The second kappa shape index (κ2) is 7.39. The van der Waals surface area contributed by atoms with Crippen molar-refractivity contribution in [2.24, 2.45) is 0 Å². The summed E-state index contributed by atoms with van der Waals surface area (Å²) in [5.41, 5.74) is 3.92. The van der Waals surface area contributed by atoms with E-state index in [-0.39, 0.29) is 11.5 Å². The minimum absolute atomic E-state index is 0.238. The Balaban J connectivity index is 1.60. The smallest absolute Gasteiger partial charge is 0.339 e. The van der Waals surface area contributed by atoms with E-state index in [1.54, 1.807) is 6.07 Å². The van der Waals surface area contributed by atoms with E-state index in [0.717, 1.165) is 46.2 Å². The third-order valence-electron chi connectivity index (χ3n) is 5.39. The number of fused-ring (bicyclic) bond motifs is 2. The van der Waals surface area contributed by atoms with Crippen molar-refractivity contribution in [2.75, 3.05) is 5.32 Å². The normalized spacial score (nSPS) is 12.7. The molecule has 2 aromatic carbocycles. The highest BCUT2D eigenvalue weighted by molar-refractivity contribution is 7.17. The van der Waals surface area contributed by atoms with Crippen LogP contribution in [0.4, 0.5) is 5.00 Å². The van der Waals surface area contributed by atoms with Crippen LogP contribution in [0.2, 0.25) is 0 Å².